The monoisotopic (exact) mass is 1100 g/mol. The standard InChI is InChI=1S/C72H134O6/c1-4-7-10-13-16-19-22-25-26-27-28-29-30-31-32-33-34-35-36-37-38-39-40-41-42-43-44-45-48-50-53-56-59-62-65-71(74)77-68-69(78-72(75)66-63-60-57-54-51-47-24-21-18-15-12-9-6-3)67-76-70(73)64-61-58-55-52-49-46-23-20-17-14-11-8-5-2/h12,15,20-21,23-24,69H,4-11,13-14,16-19,22,25-68H2,1-3H3/b15-12-,23-20-,24-21-. The molecule has 6 heteroatoms. The van der Waals surface area contributed by atoms with Crippen LogP contribution < -0.4 is 0 Å². The fraction of sp³-hybridized carbons (Fsp3) is 0.875. The smallest absolute Gasteiger partial charge is 0.306 e. The van der Waals surface area contributed by atoms with Crippen LogP contribution in [0.4, 0.5) is 0 Å². The number of ether oxygens (including phenoxy) is 3. The SMILES string of the molecule is CCC/C=C\C/C=C\CCCCCCCC(=O)OC(COC(=O)CCCCCCC/C=C\CCCCCC)COC(=O)CCCCCCCCCCCCCCCCCCCCCCCCCCCCCCCCCCCC. The molecule has 0 rings (SSSR count). The van der Waals surface area contributed by atoms with Crippen LogP contribution in [-0.2, 0) is 28.6 Å². The molecule has 0 aliphatic heterocycles. The van der Waals surface area contributed by atoms with E-state index < -0.39 is 6.10 Å². The fourth-order valence-electron chi connectivity index (χ4n) is 10.6. The number of carbonyl (C=O) groups is 3. The molecule has 458 valence electrons. The van der Waals surface area contributed by atoms with Gasteiger partial charge in [-0.3, -0.25) is 14.4 Å². The lowest BCUT2D eigenvalue weighted by molar-refractivity contribution is -0.167. The van der Waals surface area contributed by atoms with Crippen LogP contribution in [0.2, 0.25) is 0 Å². The number of allylic oxidation sites excluding steroid dienone is 6. The summed E-state index contributed by atoms with van der Waals surface area (Å²) in [6.45, 7) is 6.60. The molecule has 0 aliphatic rings. The lowest BCUT2D eigenvalue weighted by Gasteiger charge is -2.18. The largest absolute Gasteiger partial charge is 0.462 e. The lowest BCUT2D eigenvalue weighted by atomic mass is 10.0. The van der Waals surface area contributed by atoms with Crippen LogP contribution in [-0.4, -0.2) is 37.2 Å². The second-order valence-corrected chi connectivity index (χ2v) is 23.8. The van der Waals surface area contributed by atoms with Crippen molar-refractivity contribution in [2.75, 3.05) is 13.2 Å². The summed E-state index contributed by atoms with van der Waals surface area (Å²) in [4.78, 5) is 38.2. The molecule has 1 unspecified atom stereocenters. The molecule has 0 aromatic heterocycles. The van der Waals surface area contributed by atoms with Crippen molar-refractivity contribution in [2.24, 2.45) is 0 Å². The molecule has 0 aromatic carbocycles. The second-order valence-electron chi connectivity index (χ2n) is 23.8. The first kappa shape index (κ1) is 75.6. The van der Waals surface area contributed by atoms with Crippen LogP contribution in [0.25, 0.3) is 0 Å². The van der Waals surface area contributed by atoms with Gasteiger partial charge in [0.05, 0.1) is 0 Å². The number of carbonyl (C=O) groups excluding carboxylic acids is 3. The zero-order chi connectivity index (χ0) is 56.4. The number of unbranched alkanes of at least 4 members (excludes halogenated alkanes) is 48. The third-order valence-electron chi connectivity index (χ3n) is 15.8. The van der Waals surface area contributed by atoms with Crippen molar-refractivity contribution in [3.05, 3.63) is 36.5 Å². The first-order valence-corrected chi connectivity index (χ1v) is 35.0. The summed E-state index contributed by atoms with van der Waals surface area (Å²) in [6, 6.07) is 0. The number of rotatable bonds is 65. The Kier molecular flexibility index (Phi) is 65.1. The molecule has 0 amide bonds. The Morgan fingerprint density at radius 2 is 0.487 bits per heavy atom. The number of esters is 3. The first-order valence-electron chi connectivity index (χ1n) is 35.0. The van der Waals surface area contributed by atoms with Gasteiger partial charge in [-0.25, -0.2) is 0 Å². The van der Waals surface area contributed by atoms with E-state index in [4.69, 9.17) is 14.2 Å². The molecule has 0 bridgehead atoms. The molecule has 0 heterocycles. The fourth-order valence-corrected chi connectivity index (χ4v) is 10.6. The van der Waals surface area contributed by atoms with Crippen LogP contribution in [0.3, 0.4) is 0 Å². The van der Waals surface area contributed by atoms with E-state index in [2.05, 4.69) is 57.2 Å². The van der Waals surface area contributed by atoms with E-state index in [1.54, 1.807) is 0 Å². The Bertz CT molecular complexity index is 1300. The van der Waals surface area contributed by atoms with E-state index in [1.807, 2.05) is 0 Å². The maximum Gasteiger partial charge on any atom is 0.306 e. The van der Waals surface area contributed by atoms with Gasteiger partial charge in [0.25, 0.3) is 0 Å². The zero-order valence-electron chi connectivity index (χ0n) is 52.7. The average Bonchev–Trinajstić information content (AvgIpc) is 3.44. The van der Waals surface area contributed by atoms with Gasteiger partial charge in [0.15, 0.2) is 6.10 Å². The molecular weight excluding hydrogens is 961 g/mol. The third-order valence-corrected chi connectivity index (χ3v) is 15.8. The van der Waals surface area contributed by atoms with Gasteiger partial charge >= 0.3 is 17.9 Å². The molecule has 78 heavy (non-hydrogen) atoms. The van der Waals surface area contributed by atoms with Gasteiger partial charge in [0, 0.05) is 19.3 Å². The minimum absolute atomic E-state index is 0.0768. The van der Waals surface area contributed by atoms with Crippen LogP contribution >= 0.6 is 0 Å². The first-order chi connectivity index (χ1) is 38.5. The highest BCUT2D eigenvalue weighted by Crippen LogP contribution is 2.19. The van der Waals surface area contributed by atoms with Crippen LogP contribution in [0.1, 0.15) is 387 Å². The summed E-state index contributed by atoms with van der Waals surface area (Å²) in [6.07, 6.45) is 83.5. The van der Waals surface area contributed by atoms with E-state index in [9.17, 15) is 14.4 Å². The van der Waals surface area contributed by atoms with Gasteiger partial charge in [-0.1, -0.05) is 333 Å². The Morgan fingerprint density at radius 1 is 0.256 bits per heavy atom. The molecule has 0 aliphatic carbocycles. The molecule has 0 N–H and O–H groups in total. The average molecular weight is 1100 g/mol. The predicted octanol–water partition coefficient (Wildman–Crippen LogP) is 23.9. The zero-order valence-corrected chi connectivity index (χ0v) is 52.7. The highest BCUT2D eigenvalue weighted by atomic mass is 16.6. The Labute approximate surface area is 486 Å². The van der Waals surface area contributed by atoms with E-state index in [1.165, 1.54) is 250 Å². The number of hydrogen-bond acceptors (Lipinski definition) is 6. The van der Waals surface area contributed by atoms with Gasteiger partial charge in [-0.05, 0) is 70.6 Å². The highest BCUT2D eigenvalue weighted by Gasteiger charge is 2.19. The van der Waals surface area contributed by atoms with Crippen molar-refractivity contribution in [3.8, 4) is 0 Å². The summed E-state index contributed by atoms with van der Waals surface area (Å²) >= 11 is 0. The maximum atomic E-state index is 12.9. The van der Waals surface area contributed by atoms with Gasteiger partial charge in [0.2, 0.25) is 0 Å². The quantitative estimate of drug-likeness (QED) is 0.0261. The Morgan fingerprint density at radius 3 is 0.782 bits per heavy atom. The summed E-state index contributed by atoms with van der Waals surface area (Å²) in [5.41, 5.74) is 0. The summed E-state index contributed by atoms with van der Waals surface area (Å²) in [5, 5.41) is 0. The second kappa shape index (κ2) is 67.1. The van der Waals surface area contributed by atoms with Crippen molar-refractivity contribution in [1.82, 2.24) is 0 Å². The van der Waals surface area contributed by atoms with Crippen LogP contribution in [0.15, 0.2) is 36.5 Å². The van der Waals surface area contributed by atoms with Gasteiger partial charge in [-0.15, -0.1) is 0 Å². The molecule has 0 radical (unpaired) electrons. The minimum Gasteiger partial charge on any atom is -0.462 e. The molecule has 0 spiro atoms. The van der Waals surface area contributed by atoms with E-state index in [-0.39, 0.29) is 31.1 Å². The molecule has 0 aromatic rings. The van der Waals surface area contributed by atoms with E-state index in [0.717, 1.165) is 96.3 Å². The van der Waals surface area contributed by atoms with Crippen molar-refractivity contribution < 1.29 is 28.6 Å². The minimum atomic E-state index is -0.781. The summed E-state index contributed by atoms with van der Waals surface area (Å²) in [7, 11) is 0. The predicted molar refractivity (Wildman–Crippen MR) is 339 cm³/mol. The normalized spacial score (nSPS) is 12.2. The molecule has 0 saturated carbocycles. The summed E-state index contributed by atoms with van der Waals surface area (Å²) in [5.74, 6) is -0.879. The molecule has 0 fully saturated rings. The topological polar surface area (TPSA) is 78.9 Å². The molecule has 6 nitrogen and oxygen atoms in total. The van der Waals surface area contributed by atoms with Gasteiger partial charge < -0.3 is 14.2 Å². The Balaban J connectivity index is 4.02. The van der Waals surface area contributed by atoms with Gasteiger partial charge in [0.1, 0.15) is 13.2 Å². The number of hydrogen-bond donors (Lipinski definition) is 0. The van der Waals surface area contributed by atoms with Crippen LogP contribution in [0.5, 0.6) is 0 Å². The van der Waals surface area contributed by atoms with Gasteiger partial charge in [-0.2, -0.15) is 0 Å². The van der Waals surface area contributed by atoms with Crippen molar-refractivity contribution in [1.29, 1.82) is 0 Å². The Hall–Kier alpha value is -2.37. The molecular formula is C72H134O6. The van der Waals surface area contributed by atoms with Crippen LogP contribution in [0, 0.1) is 0 Å². The third kappa shape index (κ3) is 64.5. The van der Waals surface area contributed by atoms with Crippen molar-refractivity contribution in [2.45, 2.75) is 393 Å². The van der Waals surface area contributed by atoms with E-state index in [0.29, 0.717) is 19.3 Å². The molecule has 0 saturated heterocycles. The summed E-state index contributed by atoms with van der Waals surface area (Å²) < 4.78 is 16.9. The van der Waals surface area contributed by atoms with Crippen molar-refractivity contribution in [3.63, 3.8) is 0 Å². The van der Waals surface area contributed by atoms with Crippen molar-refractivity contribution >= 4 is 17.9 Å². The maximum absolute atomic E-state index is 12.9. The molecule has 1 atom stereocenters. The highest BCUT2D eigenvalue weighted by molar-refractivity contribution is 5.71. The lowest BCUT2D eigenvalue weighted by Crippen LogP contribution is -2.30. The van der Waals surface area contributed by atoms with E-state index >= 15 is 0 Å².